The van der Waals surface area contributed by atoms with Crippen LogP contribution in [-0.2, 0) is 23.2 Å². The molecule has 1 aliphatic carbocycles. The molecule has 9 rings (SSSR count). The number of piperidine rings is 1. The highest BCUT2D eigenvalue weighted by atomic mass is 16.5. The molecule has 296 valence electrons. The second-order valence-electron chi connectivity index (χ2n) is 16.0. The second-order valence-corrected chi connectivity index (χ2v) is 16.0. The molecule has 2 aromatic carbocycles. The van der Waals surface area contributed by atoms with Crippen molar-refractivity contribution in [2.45, 2.75) is 89.2 Å². The maximum atomic E-state index is 13.9. The number of nitrogens with zero attached hydrogens (tertiary/aromatic N) is 8. The molecule has 5 aromatic rings. The number of nitrogens with one attached hydrogen (secondary N) is 2. The lowest BCUT2D eigenvalue weighted by Crippen LogP contribution is -2.61. The molecule has 1 unspecified atom stereocenters. The lowest BCUT2D eigenvalue weighted by atomic mass is 9.88. The number of amides is 4. The van der Waals surface area contributed by atoms with Crippen molar-refractivity contribution in [3.8, 4) is 5.75 Å². The Morgan fingerprint density at radius 2 is 1.81 bits per heavy atom. The van der Waals surface area contributed by atoms with Crippen LogP contribution in [0.25, 0.3) is 16.7 Å². The molecule has 0 radical (unpaired) electrons. The number of ether oxygens (including phenoxy) is 1. The third kappa shape index (κ3) is 6.31. The molecule has 4 amide bonds. The van der Waals surface area contributed by atoms with Gasteiger partial charge in [0.2, 0.25) is 11.8 Å². The normalized spacial score (nSPS) is 21.4. The van der Waals surface area contributed by atoms with Gasteiger partial charge in [-0.1, -0.05) is 6.07 Å². The van der Waals surface area contributed by atoms with Gasteiger partial charge in [-0.15, -0.1) is 0 Å². The number of aryl methyl sites for hydroxylation is 1. The minimum absolute atomic E-state index is 0.00948. The van der Waals surface area contributed by atoms with E-state index in [1.165, 1.54) is 10.8 Å². The van der Waals surface area contributed by atoms with Gasteiger partial charge in [-0.3, -0.25) is 38.5 Å². The molecule has 2 N–H and O–H groups in total. The van der Waals surface area contributed by atoms with Crippen LogP contribution in [0, 0.1) is 0 Å². The molecule has 6 heterocycles. The molecule has 0 spiro atoms. The minimum atomic E-state index is -0.723. The van der Waals surface area contributed by atoms with E-state index in [4.69, 9.17) is 4.74 Å². The zero-order chi connectivity index (χ0) is 39.7. The van der Waals surface area contributed by atoms with Crippen molar-refractivity contribution in [1.29, 1.82) is 0 Å². The summed E-state index contributed by atoms with van der Waals surface area (Å²) in [6.07, 6.45) is 8.87. The zero-order valence-electron chi connectivity index (χ0n) is 32.5. The molecule has 1 saturated carbocycles. The van der Waals surface area contributed by atoms with Crippen LogP contribution < -0.4 is 26.0 Å². The van der Waals surface area contributed by atoms with E-state index in [0.29, 0.717) is 58.8 Å². The lowest BCUT2D eigenvalue weighted by molar-refractivity contribution is -0.135. The van der Waals surface area contributed by atoms with Crippen molar-refractivity contribution >= 4 is 51.7 Å². The first-order valence-electron chi connectivity index (χ1n) is 19.7. The predicted molar refractivity (Wildman–Crippen MR) is 211 cm³/mol. The third-order valence-electron chi connectivity index (χ3n) is 12.2. The summed E-state index contributed by atoms with van der Waals surface area (Å²) in [6.45, 7) is 5.90. The van der Waals surface area contributed by atoms with Crippen molar-refractivity contribution in [3.63, 3.8) is 0 Å². The number of hydrogen-bond acceptors (Lipinski definition) is 10. The number of imide groups is 1. The van der Waals surface area contributed by atoms with E-state index in [1.54, 1.807) is 40.7 Å². The quantitative estimate of drug-likeness (QED) is 0.212. The summed E-state index contributed by atoms with van der Waals surface area (Å²) in [6, 6.07) is 11.3. The first kappa shape index (κ1) is 36.6. The molecule has 3 aliphatic heterocycles. The number of carbonyl (C=O) groups excluding carboxylic acids is 4. The Morgan fingerprint density at radius 1 is 1.02 bits per heavy atom. The number of carbonyl (C=O) groups is 4. The fourth-order valence-corrected chi connectivity index (χ4v) is 9.17. The van der Waals surface area contributed by atoms with Gasteiger partial charge in [-0.25, -0.2) is 14.3 Å². The standard InChI is InChI=1S/C41H46N10O6/c1-23(2)57-34-18-28-24(17-30(34)44-38(53)29-19-43-50-16-6-15-42-37(29)50)20-49(40(28)55)26-11-9-25(10-12-26)46(3)27-21-48(22-27)31-7-5-8-32-36(31)47(4)41(56)51(32)33-13-14-35(52)45-39(33)54/h5-8,15-19,23,25-27,33H,9-14,20-22H2,1-4H3,(H,44,53)(H,45,52,54). The molecular weight excluding hydrogens is 729 g/mol. The van der Waals surface area contributed by atoms with Gasteiger partial charge in [0.25, 0.3) is 11.8 Å². The van der Waals surface area contributed by atoms with Crippen molar-refractivity contribution < 1.29 is 23.9 Å². The van der Waals surface area contributed by atoms with Gasteiger partial charge in [-0.05, 0) is 88.9 Å². The van der Waals surface area contributed by atoms with Gasteiger partial charge in [0, 0.05) is 69.2 Å². The zero-order valence-corrected chi connectivity index (χ0v) is 32.5. The topological polar surface area (TPSA) is 168 Å². The van der Waals surface area contributed by atoms with Gasteiger partial charge in [0.05, 0.1) is 34.7 Å². The molecule has 3 aromatic heterocycles. The van der Waals surface area contributed by atoms with Crippen LogP contribution in [0.3, 0.4) is 0 Å². The highest BCUT2D eigenvalue weighted by Gasteiger charge is 2.40. The van der Waals surface area contributed by atoms with Gasteiger partial charge in [-0.2, -0.15) is 5.10 Å². The summed E-state index contributed by atoms with van der Waals surface area (Å²) >= 11 is 0. The first-order valence-corrected chi connectivity index (χ1v) is 19.7. The Hall–Kier alpha value is -6.03. The van der Waals surface area contributed by atoms with Crippen LogP contribution >= 0.6 is 0 Å². The summed E-state index contributed by atoms with van der Waals surface area (Å²) in [7, 11) is 3.93. The fourth-order valence-electron chi connectivity index (χ4n) is 9.17. The number of aromatic nitrogens is 5. The van der Waals surface area contributed by atoms with Crippen molar-refractivity contribution in [2.24, 2.45) is 7.05 Å². The Kier molecular flexibility index (Phi) is 9.10. The highest BCUT2D eigenvalue weighted by molar-refractivity contribution is 6.09. The van der Waals surface area contributed by atoms with Crippen molar-refractivity contribution in [3.05, 3.63) is 82.2 Å². The number of benzene rings is 2. The number of para-hydroxylation sites is 1. The summed E-state index contributed by atoms with van der Waals surface area (Å²) in [4.78, 5) is 76.3. The van der Waals surface area contributed by atoms with E-state index < -0.39 is 11.9 Å². The Balaban J connectivity index is 0.843. The van der Waals surface area contributed by atoms with Gasteiger partial charge >= 0.3 is 5.69 Å². The van der Waals surface area contributed by atoms with E-state index in [0.717, 1.165) is 55.5 Å². The monoisotopic (exact) mass is 774 g/mol. The fraction of sp³-hybridized carbons (Fsp3) is 0.439. The van der Waals surface area contributed by atoms with E-state index in [1.807, 2.05) is 43.0 Å². The van der Waals surface area contributed by atoms with E-state index in [2.05, 4.69) is 37.6 Å². The Morgan fingerprint density at radius 3 is 2.56 bits per heavy atom. The molecule has 3 fully saturated rings. The number of fused-ring (bicyclic) bond motifs is 3. The largest absolute Gasteiger partial charge is 0.489 e. The average Bonchev–Trinajstić information content (AvgIpc) is 3.83. The molecule has 2 saturated heterocycles. The maximum absolute atomic E-state index is 13.9. The predicted octanol–water partition coefficient (Wildman–Crippen LogP) is 3.49. The van der Waals surface area contributed by atoms with Crippen molar-refractivity contribution in [1.82, 2.24) is 38.8 Å². The number of likely N-dealkylation sites (N-methyl/N-ethyl adjacent to an activating group) is 1. The molecule has 0 bridgehead atoms. The number of anilines is 2. The van der Waals surface area contributed by atoms with Gasteiger partial charge in [0.1, 0.15) is 17.4 Å². The van der Waals surface area contributed by atoms with Crippen LogP contribution in [0.5, 0.6) is 5.75 Å². The molecule has 4 aliphatic rings. The minimum Gasteiger partial charge on any atom is -0.489 e. The number of rotatable bonds is 9. The third-order valence-corrected chi connectivity index (χ3v) is 12.2. The van der Waals surface area contributed by atoms with Gasteiger partial charge in [0.15, 0.2) is 5.65 Å². The van der Waals surface area contributed by atoms with Crippen LogP contribution in [-0.4, -0.2) is 102 Å². The molecule has 16 heteroatoms. The smallest absolute Gasteiger partial charge is 0.329 e. The number of imidazole rings is 1. The van der Waals surface area contributed by atoms with Crippen LogP contribution in [0.4, 0.5) is 11.4 Å². The number of hydrogen-bond donors (Lipinski definition) is 2. The molecule has 16 nitrogen and oxygen atoms in total. The second kappa shape index (κ2) is 14.2. The van der Waals surface area contributed by atoms with Crippen LogP contribution in [0.1, 0.15) is 84.7 Å². The Bertz CT molecular complexity index is 2510. The first-order chi connectivity index (χ1) is 27.5. The summed E-state index contributed by atoms with van der Waals surface area (Å²) in [5, 5.41) is 9.62. The summed E-state index contributed by atoms with van der Waals surface area (Å²) in [5.74, 6) is -0.675. The molecule has 1 atom stereocenters. The summed E-state index contributed by atoms with van der Waals surface area (Å²) in [5.41, 5.74) is 4.91. The SMILES string of the molecule is CC(C)Oc1cc2c(cc1NC(=O)c1cnn3cccnc13)CN(C1CCC(N(C)C3CN(c4cccc5c4n(C)c(=O)n5C4CCC(=O)NC4=O)C3)CC1)C2=O. The van der Waals surface area contributed by atoms with E-state index in [-0.39, 0.29) is 42.0 Å². The Labute approximate surface area is 328 Å². The molecule has 57 heavy (non-hydrogen) atoms. The van der Waals surface area contributed by atoms with Crippen LogP contribution in [0.2, 0.25) is 0 Å². The van der Waals surface area contributed by atoms with E-state index in [9.17, 15) is 24.0 Å². The lowest BCUT2D eigenvalue weighted by Gasteiger charge is -2.49. The molecular formula is C41H46N10O6. The summed E-state index contributed by atoms with van der Waals surface area (Å²) < 4.78 is 10.8. The van der Waals surface area contributed by atoms with Gasteiger partial charge < -0.3 is 19.9 Å². The maximum Gasteiger partial charge on any atom is 0.329 e. The highest BCUT2D eigenvalue weighted by Crippen LogP contribution is 2.39. The average molecular weight is 775 g/mol. The van der Waals surface area contributed by atoms with Crippen LogP contribution in [0.15, 0.2) is 59.8 Å². The van der Waals surface area contributed by atoms with Crippen molar-refractivity contribution in [2.75, 3.05) is 30.4 Å². The van der Waals surface area contributed by atoms with E-state index >= 15 is 0 Å².